The molecule has 0 spiro atoms. The fourth-order valence-electron chi connectivity index (χ4n) is 3.34. The molecule has 1 atom stereocenters. The molecule has 0 aliphatic carbocycles. The molecule has 0 bridgehead atoms. The third kappa shape index (κ3) is 5.73. The molecule has 2 rings (SSSR count). The number of nitrogens with one attached hydrogen (secondary N) is 1. The molecular weight excluding hydrogens is 330 g/mol. The van der Waals surface area contributed by atoms with Crippen LogP contribution in [0, 0.1) is 12.8 Å². The summed E-state index contributed by atoms with van der Waals surface area (Å²) in [6, 6.07) is 7.81. The van der Waals surface area contributed by atoms with Crippen LogP contribution in [0.5, 0.6) is 0 Å². The van der Waals surface area contributed by atoms with Crippen LogP contribution in [0.4, 0.5) is 5.69 Å². The number of methoxy groups -OCH3 is 1. The normalized spacial score (nSPS) is 16.4. The minimum absolute atomic E-state index is 0.120. The van der Waals surface area contributed by atoms with Gasteiger partial charge in [-0.2, -0.15) is 0 Å². The molecule has 1 aromatic rings. The van der Waals surface area contributed by atoms with Gasteiger partial charge >= 0.3 is 5.97 Å². The number of carbonyl (C=O) groups excluding carboxylic acids is 2. The minimum atomic E-state index is -0.569. The third-order valence-corrected chi connectivity index (χ3v) is 4.72. The Morgan fingerprint density at radius 3 is 2.38 bits per heavy atom. The molecule has 6 nitrogen and oxygen atoms in total. The molecule has 6 heteroatoms. The Hall–Kier alpha value is -2.08. The van der Waals surface area contributed by atoms with Gasteiger partial charge in [-0.05, 0) is 30.9 Å². The number of para-hydroxylation sites is 1. The second-order valence-corrected chi connectivity index (χ2v) is 7.32. The zero-order valence-electron chi connectivity index (χ0n) is 16.3. The van der Waals surface area contributed by atoms with E-state index in [-0.39, 0.29) is 11.9 Å². The van der Waals surface area contributed by atoms with Crippen molar-refractivity contribution in [1.82, 2.24) is 10.2 Å². The number of hydrogen-bond acceptors (Lipinski definition) is 5. The van der Waals surface area contributed by atoms with E-state index < -0.39 is 6.04 Å². The predicted molar refractivity (Wildman–Crippen MR) is 103 cm³/mol. The van der Waals surface area contributed by atoms with Crippen molar-refractivity contribution in [3.63, 3.8) is 0 Å². The van der Waals surface area contributed by atoms with Crippen molar-refractivity contribution in [1.29, 1.82) is 0 Å². The molecule has 0 aromatic heterocycles. The first kappa shape index (κ1) is 20.2. The molecular formula is C20H31N3O3. The molecule has 1 aliphatic rings. The molecule has 1 amide bonds. The third-order valence-electron chi connectivity index (χ3n) is 4.72. The summed E-state index contributed by atoms with van der Waals surface area (Å²) in [4.78, 5) is 28.7. The van der Waals surface area contributed by atoms with Crippen molar-refractivity contribution < 1.29 is 14.3 Å². The van der Waals surface area contributed by atoms with E-state index in [1.54, 1.807) is 0 Å². The molecule has 1 heterocycles. The van der Waals surface area contributed by atoms with Crippen LogP contribution >= 0.6 is 0 Å². The van der Waals surface area contributed by atoms with E-state index in [2.05, 4.69) is 40.2 Å². The zero-order chi connectivity index (χ0) is 19.1. The van der Waals surface area contributed by atoms with Gasteiger partial charge < -0.3 is 15.0 Å². The Kier molecular flexibility index (Phi) is 7.45. The number of anilines is 1. The first-order valence-electron chi connectivity index (χ1n) is 9.30. The average Bonchev–Trinajstić information content (AvgIpc) is 2.61. The summed E-state index contributed by atoms with van der Waals surface area (Å²) in [7, 11) is 1.35. The van der Waals surface area contributed by atoms with Gasteiger partial charge in [0.15, 0.2) is 0 Å². The average molecular weight is 361 g/mol. The first-order chi connectivity index (χ1) is 12.4. The molecule has 1 saturated heterocycles. The maximum Gasteiger partial charge on any atom is 0.328 e. The number of amides is 1. The van der Waals surface area contributed by atoms with E-state index in [0.29, 0.717) is 18.9 Å². The number of piperazine rings is 1. The van der Waals surface area contributed by atoms with Crippen LogP contribution in [0.3, 0.4) is 0 Å². The van der Waals surface area contributed by atoms with Gasteiger partial charge in [0.05, 0.1) is 13.7 Å². The quantitative estimate of drug-likeness (QED) is 0.751. The molecule has 144 valence electrons. The van der Waals surface area contributed by atoms with Gasteiger partial charge in [0.25, 0.3) is 0 Å². The SMILES string of the molecule is COC(=O)[C@@H](CC(C)C)NC(=O)CN1CCN(c2ccccc2C)CC1. The monoisotopic (exact) mass is 361 g/mol. The van der Waals surface area contributed by atoms with Crippen LogP contribution in [-0.2, 0) is 14.3 Å². The van der Waals surface area contributed by atoms with Gasteiger partial charge in [0.2, 0.25) is 5.91 Å². The molecule has 1 aromatic carbocycles. The van der Waals surface area contributed by atoms with Crippen molar-refractivity contribution in [3.8, 4) is 0 Å². The highest BCUT2D eigenvalue weighted by Gasteiger charge is 2.25. The lowest BCUT2D eigenvalue weighted by atomic mass is 10.0. The largest absolute Gasteiger partial charge is 0.467 e. The number of esters is 1. The Balaban J connectivity index is 1.83. The van der Waals surface area contributed by atoms with Crippen LogP contribution in [0.15, 0.2) is 24.3 Å². The fourth-order valence-corrected chi connectivity index (χ4v) is 3.34. The molecule has 26 heavy (non-hydrogen) atoms. The molecule has 0 saturated carbocycles. The summed E-state index contributed by atoms with van der Waals surface area (Å²) in [5.41, 5.74) is 2.53. The smallest absolute Gasteiger partial charge is 0.328 e. The van der Waals surface area contributed by atoms with Gasteiger partial charge in [0.1, 0.15) is 6.04 Å². The van der Waals surface area contributed by atoms with Gasteiger partial charge in [0, 0.05) is 31.9 Å². The lowest BCUT2D eigenvalue weighted by molar-refractivity contribution is -0.145. The van der Waals surface area contributed by atoms with Crippen molar-refractivity contribution in [3.05, 3.63) is 29.8 Å². The maximum absolute atomic E-state index is 12.4. The number of carbonyl (C=O) groups is 2. The standard InChI is InChI=1S/C20H31N3O3/c1-15(2)13-17(20(25)26-4)21-19(24)14-22-9-11-23(12-10-22)18-8-6-5-7-16(18)3/h5-8,15,17H,9-14H2,1-4H3,(H,21,24)/t17-/m1/s1. The lowest BCUT2D eigenvalue weighted by Crippen LogP contribution is -2.52. The molecule has 0 radical (unpaired) electrons. The second kappa shape index (κ2) is 9.57. The van der Waals surface area contributed by atoms with Gasteiger partial charge in [-0.3, -0.25) is 9.69 Å². The van der Waals surface area contributed by atoms with Crippen LogP contribution in [0.2, 0.25) is 0 Å². The fraction of sp³-hybridized carbons (Fsp3) is 0.600. The van der Waals surface area contributed by atoms with Crippen molar-refractivity contribution >= 4 is 17.6 Å². The molecule has 0 unspecified atom stereocenters. The van der Waals surface area contributed by atoms with Crippen LogP contribution in [0.1, 0.15) is 25.8 Å². The highest BCUT2D eigenvalue weighted by Crippen LogP contribution is 2.20. The Morgan fingerprint density at radius 2 is 1.81 bits per heavy atom. The number of rotatable bonds is 7. The number of ether oxygens (including phenoxy) is 1. The van der Waals surface area contributed by atoms with Crippen LogP contribution in [-0.4, -0.2) is 62.7 Å². The van der Waals surface area contributed by atoms with E-state index in [4.69, 9.17) is 4.74 Å². The highest BCUT2D eigenvalue weighted by molar-refractivity contribution is 5.85. The van der Waals surface area contributed by atoms with Crippen molar-refractivity contribution in [2.45, 2.75) is 33.2 Å². The number of aryl methyl sites for hydroxylation is 1. The summed E-state index contributed by atoms with van der Waals surface area (Å²) in [6.45, 7) is 9.92. The van der Waals surface area contributed by atoms with E-state index in [0.717, 1.165) is 26.2 Å². The van der Waals surface area contributed by atoms with E-state index >= 15 is 0 Å². The van der Waals surface area contributed by atoms with E-state index in [1.165, 1.54) is 18.4 Å². The Morgan fingerprint density at radius 1 is 1.15 bits per heavy atom. The minimum Gasteiger partial charge on any atom is -0.467 e. The maximum atomic E-state index is 12.4. The van der Waals surface area contributed by atoms with Gasteiger partial charge in [-0.25, -0.2) is 4.79 Å². The van der Waals surface area contributed by atoms with E-state index in [9.17, 15) is 9.59 Å². The van der Waals surface area contributed by atoms with Crippen LogP contribution < -0.4 is 10.2 Å². The number of hydrogen-bond donors (Lipinski definition) is 1. The van der Waals surface area contributed by atoms with Gasteiger partial charge in [-0.15, -0.1) is 0 Å². The Bertz CT molecular complexity index is 610. The van der Waals surface area contributed by atoms with Crippen molar-refractivity contribution in [2.24, 2.45) is 5.92 Å². The highest BCUT2D eigenvalue weighted by atomic mass is 16.5. The lowest BCUT2D eigenvalue weighted by Gasteiger charge is -2.36. The number of nitrogens with zero attached hydrogens (tertiary/aromatic N) is 2. The summed E-state index contributed by atoms with van der Waals surface area (Å²) in [6.07, 6.45) is 0.583. The first-order valence-corrected chi connectivity index (χ1v) is 9.30. The van der Waals surface area contributed by atoms with Crippen molar-refractivity contribution in [2.75, 3.05) is 44.7 Å². The molecule has 1 N–H and O–H groups in total. The molecule has 1 aliphatic heterocycles. The Labute approximate surface area is 156 Å². The topological polar surface area (TPSA) is 61.9 Å². The summed E-state index contributed by atoms with van der Waals surface area (Å²) in [5.74, 6) is -0.195. The van der Waals surface area contributed by atoms with E-state index in [1.807, 2.05) is 19.9 Å². The molecule has 1 fully saturated rings. The summed E-state index contributed by atoms with van der Waals surface area (Å²) >= 11 is 0. The van der Waals surface area contributed by atoms with Gasteiger partial charge in [-0.1, -0.05) is 32.0 Å². The number of benzene rings is 1. The summed E-state index contributed by atoms with van der Waals surface area (Å²) < 4.78 is 4.80. The van der Waals surface area contributed by atoms with Crippen LogP contribution in [0.25, 0.3) is 0 Å². The zero-order valence-corrected chi connectivity index (χ0v) is 16.3. The second-order valence-electron chi connectivity index (χ2n) is 7.32. The predicted octanol–water partition coefficient (Wildman–Crippen LogP) is 1.82. The summed E-state index contributed by atoms with van der Waals surface area (Å²) in [5, 5.41) is 2.83.